The average Bonchev–Trinajstić information content (AvgIpc) is 3.20. The first-order chi connectivity index (χ1) is 11.7. The number of pyridine rings is 1. The third-order valence-corrected chi connectivity index (χ3v) is 4.36. The van der Waals surface area contributed by atoms with Crippen LogP contribution in [0.25, 0.3) is 0 Å². The number of carbonyl (C=O) groups is 1. The Morgan fingerprint density at radius 3 is 3.04 bits per heavy atom. The highest BCUT2D eigenvalue weighted by molar-refractivity contribution is 5.79. The average molecular weight is 330 g/mol. The number of rotatable bonds is 6. The molecule has 0 aromatic carbocycles. The lowest BCUT2D eigenvalue weighted by Crippen LogP contribution is -2.40. The molecule has 1 aliphatic heterocycles. The van der Waals surface area contributed by atoms with Crippen molar-refractivity contribution >= 4 is 5.91 Å². The minimum Gasteiger partial charge on any atom is -0.490 e. The van der Waals surface area contributed by atoms with Crippen LogP contribution in [-0.2, 0) is 16.0 Å². The lowest BCUT2D eigenvalue weighted by atomic mass is 10.2. The van der Waals surface area contributed by atoms with Gasteiger partial charge in [0, 0.05) is 25.5 Å². The van der Waals surface area contributed by atoms with E-state index in [0.717, 1.165) is 17.8 Å². The van der Waals surface area contributed by atoms with Gasteiger partial charge < -0.3 is 19.4 Å². The number of likely N-dealkylation sites (tertiary alicyclic amines) is 1. The Balaban J connectivity index is 1.64. The van der Waals surface area contributed by atoms with Gasteiger partial charge in [0.1, 0.15) is 12.4 Å². The molecule has 24 heavy (non-hydrogen) atoms. The topological polar surface area (TPSA) is 80.3 Å². The minimum absolute atomic E-state index is 0.0121. The second-order valence-electron chi connectivity index (χ2n) is 5.94. The third-order valence-electron chi connectivity index (χ3n) is 4.36. The molecule has 2 aromatic rings. The van der Waals surface area contributed by atoms with E-state index >= 15 is 0 Å². The van der Waals surface area contributed by atoms with Crippen LogP contribution in [0.5, 0.6) is 5.75 Å². The summed E-state index contributed by atoms with van der Waals surface area (Å²) in [4.78, 5) is 25.8. The van der Waals surface area contributed by atoms with Crippen LogP contribution in [0.1, 0.15) is 17.8 Å². The first-order valence-corrected chi connectivity index (χ1v) is 8.01. The standard InChI is InChI=1S/C17H22N4O3/c1-12-16(20-11-19-12)7-17(22)21-9-15(23-2)6-13(21)10-24-14-4-3-5-18-8-14/h3-5,8,11,13,15H,6-7,9-10H2,1-2H3,(H,19,20)/t13-,15+/m0/s1. The summed E-state index contributed by atoms with van der Waals surface area (Å²) in [5, 5.41) is 0. The molecule has 1 N–H and O–H groups in total. The van der Waals surface area contributed by atoms with Gasteiger partial charge in [0.05, 0.1) is 36.8 Å². The molecule has 1 aliphatic rings. The number of hydrogen-bond acceptors (Lipinski definition) is 5. The van der Waals surface area contributed by atoms with Gasteiger partial charge in [0.25, 0.3) is 0 Å². The maximum Gasteiger partial charge on any atom is 0.229 e. The van der Waals surface area contributed by atoms with Crippen molar-refractivity contribution < 1.29 is 14.3 Å². The molecule has 1 amide bonds. The predicted molar refractivity (Wildman–Crippen MR) is 87.7 cm³/mol. The number of amides is 1. The molecule has 2 aromatic heterocycles. The molecule has 0 unspecified atom stereocenters. The number of carbonyl (C=O) groups excluding carboxylic acids is 1. The van der Waals surface area contributed by atoms with Crippen molar-refractivity contribution in [2.75, 3.05) is 20.3 Å². The zero-order valence-electron chi connectivity index (χ0n) is 13.9. The summed E-state index contributed by atoms with van der Waals surface area (Å²) in [5.41, 5.74) is 1.71. The van der Waals surface area contributed by atoms with E-state index in [0.29, 0.717) is 18.9 Å². The molecule has 0 saturated carbocycles. The quantitative estimate of drug-likeness (QED) is 0.865. The Labute approximate surface area is 141 Å². The van der Waals surface area contributed by atoms with Gasteiger partial charge in [-0.1, -0.05) is 0 Å². The minimum atomic E-state index is -0.0121. The lowest BCUT2D eigenvalue weighted by Gasteiger charge is -2.24. The van der Waals surface area contributed by atoms with E-state index in [1.54, 1.807) is 25.8 Å². The smallest absolute Gasteiger partial charge is 0.229 e. The number of ether oxygens (including phenoxy) is 2. The van der Waals surface area contributed by atoms with Crippen molar-refractivity contribution in [2.45, 2.75) is 31.9 Å². The molecule has 7 heteroatoms. The molecule has 0 spiro atoms. The fourth-order valence-electron chi connectivity index (χ4n) is 2.94. The number of hydrogen-bond donors (Lipinski definition) is 1. The van der Waals surface area contributed by atoms with E-state index in [1.165, 1.54) is 0 Å². The molecule has 0 radical (unpaired) electrons. The number of aromatic nitrogens is 3. The molecule has 128 valence electrons. The number of aryl methyl sites for hydroxylation is 1. The van der Waals surface area contributed by atoms with Gasteiger partial charge in [-0.15, -0.1) is 0 Å². The maximum absolute atomic E-state index is 12.7. The van der Waals surface area contributed by atoms with Crippen molar-refractivity contribution in [3.63, 3.8) is 0 Å². The van der Waals surface area contributed by atoms with Crippen molar-refractivity contribution in [1.29, 1.82) is 0 Å². The van der Waals surface area contributed by atoms with Crippen molar-refractivity contribution in [3.8, 4) is 5.75 Å². The highest BCUT2D eigenvalue weighted by Gasteiger charge is 2.36. The van der Waals surface area contributed by atoms with E-state index in [1.807, 2.05) is 24.0 Å². The molecule has 3 heterocycles. The van der Waals surface area contributed by atoms with Gasteiger partial charge in [-0.05, 0) is 25.5 Å². The number of methoxy groups -OCH3 is 1. The first-order valence-electron chi connectivity index (χ1n) is 8.01. The van der Waals surface area contributed by atoms with E-state index in [4.69, 9.17) is 9.47 Å². The van der Waals surface area contributed by atoms with Crippen molar-refractivity contribution in [3.05, 3.63) is 42.2 Å². The van der Waals surface area contributed by atoms with E-state index < -0.39 is 0 Å². The number of nitrogens with zero attached hydrogens (tertiary/aromatic N) is 3. The normalized spacial score (nSPS) is 20.3. The Hall–Kier alpha value is -2.41. The highest BCUT2D eigenvalue weighted by Crippen LogP contribution is 2.22. The van der Waals surface area contributed by atoms with Crippen molar-refractivity contribution in [1.82, 2.24) is 19.9 Å². The number of nitrogens with one attached hydrogen (secondary N) is 1. The van der Waals surface area contributed by atoms with E-state index in [-0.39, 0.29) is 24.5 Å². The Morgan fingerprint density at radius 1 is 1.50 bits per heavy atom. The SMILES string of the molecule is CO[C@@H]1C[C@@H](COc2cccnc2)N(C(=O)Cc2nc[nH]c2C)C1. The van der Waals surface area contributed by atoms with Crippen molar-refractivity contribution in [2.24, 2.45) is 0 Å². The largest absolute Gasteiger partial charge is 0.490 e. The summed E-state index contributed by atoms with van der Waals surface area (Å²) in [7, 11) is 1.68. The summed E-state index contributed by atoms with van der Waals surface area (Å²) in [6.07, 6.45) is 6.07. The molecule has 3 rings (SSSR count). The van der Waals surface area contributed by atoms with Crippen LogP contribution in [0.2, 0.25) is 0 Å². The van der Waals surface area contributed by atoms with E-state index in [2.05, 4.69) is 15.0 Å². The summed E-state index contributed by atoms with van der Waals surface area (Å²) in [6, 6.07) is 3.67. The van der Waals surface area contributed by atoms with Crippen LogP contribution >= 0.6 is 0 Å². The summed E-state index contributed by atoms with van der Waals surface area (Å²) in [5.74, 6) is 0.749. The molecular weight excluding hydrogens is 308 g/mol. The summed E-state index contributed by atoms with van der Waals surface area (Å²) < 4.78 is 11.2. The van der Waals surface area contributed by atoms with Gasteiger partial charge in [0.15, 0.2) is 0 Å². The fourth-order valence-corrected chi connectivity index (χ4v) is 2.94. The third kappa shape index (κ3) is 3.73. The molecule has 1 fully saturated rings. The molecule has 0 bridgehead atoms. The molecular formula is C17H22N4O3. The van der Waals surface area contributed by atoms with E-state index in [9.17, 15) is 4.79 Å². The molecule has 1 saturated heterocycles. The maximum atomic E-state index is 12.7. The zero-order valence-corrected chi connectivity index (χ0v) is 13.9. The van der Waals surface area contributed by atoms with Gasteiger partial charge in [-0.25, -0.2) is 4.98 Å². The van der Waals surface area contributed by atoms with Gasteiger partial charge in [-0.3, -0.25) is 9.78 Å². The monoisotopic (exact) mass is 330 g/mol. The number of aromatic amines is 1. The highest BCUT2D eigenvalue weighted by atomic mass is 16.5. The second-order valence-corrected chi connectivity index (χ2v) is 5.94. The van der Waals surface area contributed by atoms with Crippen LogP contribution in [0, 0.1) is 6.92 Å². The predicted octanol–water partition coefficient (Wildman–Crippen LogP) is 1.35. The van der Waals surface area contributed by atoms with Crippen LogP contribution in [0.4, 0.5) is 0 Å². The van der Waals surface area contributed by atoms with Crippen LogP contribution in [0.15, 0.2) is 30.9 Å². The molecule has 2 atom stereocenters. The zero-order chi connectivity index (χ0) is 16.9. The lowest BCUT2D eigenvalue weighted by molar-refractivity contribution is -0.132. The molecule has 0 aliphatic carbocycles. The van der Waals surface area contributed by atoms with Crippen LogP contribution < -0.4 is 4.74 Å². The summed E-state index contributed by atoms with van der Waals surface area (Å²) in [6.45, 7) is 2.93. The van der Waals surface area contributed by atoms with Gasteiger partial charge in [0.2, 0.25) is 5.91 Å². The van der Waals surface area contributed by atoms with Crippen LogP contribution in [-0.4, -0.2) is 58.2 Å². The fraction of sp³-hybridized carbons (Fsp3) is 0.471. The molecule has 7 nitrogen and oxygen atoms in total. The number of H-pyrrole nitrogens is 1. The van der Waals surface area contributed by atoms with Gasteiger partial charge >= 0.3 is 0 Å². The second kappa shape index (κ2) is 7.44. The Bertz CT molecular complexity index is 673. The van der Waals surface area contributed by atoms with Crippen LogP contribution in [0.3, 0.4) is 0 Å². The number of imidazole rings is 1. The Morgan fingerprint density at radius 2 is 2.38 bits per heavy atom. The first kappa shape index (κ1) is 16.4. The van der Waals surface area contributed by atoms with Gasteiger partial charge in [-0.2, -0.15) is 0 Å². The Kier molecular flexibility index (Phi) is 5.10. The summed E-state index contributed by atoms with van der Waals surface area (Å²) >= 11 is 0.